The van der Waals surface area contributed by atoms with Gasteiger partial charge in [-0.15, -0.1) is 11.3 Å². The molecule has 0 spiro atoms. The van der Waals surface area contributed by atoms with E-state index < -0.39 is 0 Å². The Balaban J connectivity index is 1.30. The molecular weight excluding hydrogens is 468 g/mol. The van der Waals surface area contributed by atoms with Crippen LogP contribution in [0.25, 0.3) is 0 Å². The van der Waals surface area contributed by atoms with Crippen molar-refractivity contribution in [2.75, 3.05) is 19.7 Å². The molecule has 1 aromatic heterocycles. The normalized spacial score (nSPS) is 17.2. The highest BCUT2D eigenvalue weighted by atomic mass is 35.5. The highest BCUT2D eigenvalue weighted by Crippen LogP contribution is 2.35. The van der Waals surface area contributed by atoms with Crippen molar-refractivity contribution in [2.45, 2.75) is 37.8 Å². The van der Waals surface area contributed by atoms with Crippen LogP contribution < -0.4 is 4.74 Å². The highest BCUT2D eigenvalue weighted by molar-refractivity contribution is 7.10. The van der Waals surface area contributed by atoms with Crippen LogP contribution in [0.5, 0.6) is 5.75 Å². The number of hydrogen-bond acceptors (Lipinski definition) is 4. The van der Waals surface area contributed by atoms with Crippen LogP contribution in [-0.4, -0.2) is 47.4 Å². The third-order valence-corrected chi connectivity index (χ3v) is 7.70. The fourth-order valence-corrected chi connectivity index (χ4v) is 5.55. The minimum atomic E-state index is -0.177. The van der Waals surface area contributed by atoms with Crippen molar-refractivity contribution < 1.29 is 14.3 Å². The molecule has 176 valence electrons. The molecule has 2 amide bonds. The maximum atomic E-state index is 13.6. The van der Waals surface area contributed by atoms with Crippen molar-refractivity contribution in [1.82, 2.24) is 9.80 Å². The van der Waals surface area contributed by atoms with Crippen molar-refractivity contribution in [1.29, 1.82) is 0 Å². The summed E-state index contributed by atoms with van der Waals surface area (Å²) in [6, 6.07) is 19.1. The van der Waals surface area contributed by atoms with Crippen LogP contribution >= 0.6 is 22.9 Å². The fraction of sp³-hybridized carbons (Fsp3) is 0.333. The lowest BCUT2D eigenvalue weighted by atomic mass is 10.0. The lowest BCUT2D eigenvalue weighted by Crippen LogP contribution is -2.48. The van der Waals surface area contributed by atoms with Gasteiger partial charge in [0.05, 0.1) is 12.5 Å². The summed E-state index contributed by atoms with van der Waals surface area (Å²) in [4.78, 5) is 31.7. The summed E-state index contributed by atoms with van der Waals surface area (Å²) in [6.45, 7) is 1.11. The first-order valence-corrected chi connectivity index (χ1v) is 12.9. The molecule has 0 radical (unpaired) electrons. The molecular formula is C27H27ClN2O3S. The van der Waals surface area contributed by atoms with E-state index in [4.69, 9.17) is 16.3 Å². The molecule has 0 bridgehead atoms. The number of amides is 2. The standard InChI is InChI=1S/C27H27ClN2O3S/c28-20-6-10-22(11-7-20)33-18-24-23-13-15-34-25(23)12-14-29(24)27(32)17-30(21-8-9-21)26(31)16-19-4-2-1-3-5-19/h1-7,10-11,13,15,21,24H,8-9,12,14,16-18H2. The summed E-state index contributed by atoms with van der Waals surface area (Å²) in [5.41, 5.74) is 2.12. The van der Waals surface area contributed by atoms with Crippen LogP contribution in [0.15, 0.2) is 66.0 Å². The summed E-state index contributed by atoms with van der Waals surface area (Å²) in [5, 5.41) is 2.73. The number of thiophene rings is 1. The minimum Gasteiger partial charge on any atom is -0.491 e. The van der Waals surface area contributed by atoms with Gasteiger partial charge in [-0.1, -0.05) is 41.9 Å². The van der Waals surface area contributed by atoms with E-state index in [1.165, 1.54) is 4.88 Å². The zero-order chi connectivity index (χ0) is 23.5. The Labute approximate surface area is 208 Å². The molecule has 2 aromatic carbocycles. The molecule has 34 heavy (non-hydrogen) atoms. The van der Waals surface area contributed by atoms with Crippen LogP contribution in [0.4, 0.5) is 0 Å². The summed E-state index contributed by atoms with van der Waals surface area (Å²) in [7, 11) is 0. The number of nitrogens with zero attached hydrogens (tertiary/aromatic N) is 2. The summed E-state index contributed by atoms with van der Waals surface area (Å²) in [6.07, 6.45) is 3.08. The average molecular weight is 495 g/mol. The van der Waals surface area contributed by atoms with Crippen LogP contribution in [-0.2, 0) is 22.4 Å². The SMILES string of the molecule is O=C(Cc1ccccc1)N(CC(=O)N1CCc2sccc2C1COc1ccc(Cl)cc1)C1CC1. The molecule has 2 aliphatic rings. The van der Waals surface area contributed by atoms with Gasteiger partial charge in [0.1, 0.15) is 18.9 Å². The third kappa shape index (κ3) is 5.29. The summed E-state index contributed by atoms with van der Waals surface area (Å²) < 4.78 is 6.07. The van der Waals surface area contributed by atoms with Crippen LogP contribution in [0.1, 0.15) is 34.9 Å². The monoisotopic (exact) mass is 494 g/mol. The number of carbonyl (C=O) groups excluding carboxylic acids is 2. The van der Waals surface area contributed by atoms with Crippen LogP contribution in [0.3, 0.4) is 0 Å². The molecule has 1 aliphatic heterocycles. The Morgan fingerprint density at radius 3 is 2.56 bits per heavy atom. The molecule has 0 saturated heterocycles. The quantitative estimate of drug-likeness (QED) is 0.435. The van der Waals surface area contributed by atoms with Gasteiger partial charge < -0.3 is 14.5 Å². The molecule has 0 N–H and O–H groups in total. The van der Waals surface area contributed by atoms with E-state index in [1.807, 2.05) is 47.4 Å². The molecule has 5 rings (SSSR count). The van der Waals surface area contributed by atoms with E-state index in [0.29, 0.717) is 24.6 Å². The number of rotatable bonds is 8. The lowest BCUT2D eigenvalue weighted by Gasteiger charge is -2.37. The third-order valence-electron chi connectivity index (χ3n) is 6.45. The molecule has 3 aromatic rings. The summed E-state index contributed by atoms with van der Waals surface area (Å²) >= 11 is 7.72. The van der Waals surface area contributed by atoms with Crippen molar-refractivity contribution in [3.05, 3.63) is 87.1 Å². The minimum absolute atomic E-state index is 0.0178. The van der Waals surface area contributed by atoms with Gasteiger partial charge in [-0.2, -0.15) is 0 Å². The number of carbonyl (C=O) groups is 2. The first kappa shape index (κ1) is 22.9. The predicted octanol–water partition coefficient (Wildman–Crippen LogP) is 5.14. The first-order valence-electron chi connectivity index (χ1n) is 11.7. The second-order valence-electron chi connectivity index (χ2n) is 8.83. The zero-order valence-electron chi connectivity index (χ0n) is 18.9. The fourth-order valence-electron chi connectivity index (χ4n) is 4.50. The molecule has 5 nitrogen and oxygen atoms in total. The lowest BCUT2D eigenvalue weighted by molar-refractivity contribution is -0.143. The maximum absolute atomic E-state index is 13.6. The van der Waals surface area contributed by atoms with Gasteiger partial charge >= 0.3 is 0 Å². The van der Waals surface area contributed by atoms with Crippen molar-refractivity contribution in [3.8, 4) is 5.75 Å². The second-order valence-corrected chi connectivity index (χ2v) is 10.3. The first-order chi connectivity index (χ1) is 16.6. The van der Waals surface area contributed by atoms with Gasteiger partial charge in [-0.3, -0.25) is 9.59 Å². The number of hydrogen-bond donors (Lipinski definition) is 0. The number of ether oxygens (including phenoxy) is 1. The van der Waals surface area contributed by atoms with Crippen LogP contribution in [0.2, 0.25) is 5.02 Å². The molecule has 1 unspecified atom stereocenters. The maximum Gasteiger partial charge on any atom is 0.242 e. The van der Waals surface area contributed by atoms with Gasteiger partial charge in [0, 0.05) is 22.5 Å². The Kier molecular flexibility index (Phi) is 6.88. The Bertz CT molecular complexity index is 1140. The van der Waals surface area contributed by atoms with Gasteiger partial charge in [-0.25, -0.2) is 0 Å². The molecule has 1 saturated carbocycles. The average Bonchev–Trinajstić information content (AvgIpc) is 3.58. The van der Waals surface area contributed by atoms with Crippen molar-refractivity contribution >= 4 is 34.8 Å². The van der Waals surface area contributed by atoms with Crippen LogP contribution in [0, 0.1) is 0 Å². The van der Waals surface area contributed by atoms with Crippen molar-refractivity contribution in [3.63, 3.8) is 0 Å². The van der Waals surface area contributed by atoms with Gasteiger partial charge in [0.25, 0.3) is 0 Å². The predicted molar refractivity (Wildman–Crippen MR) is 134 cm³/mol. The summed E-state index contributed by atoms with van der Waals surface area (Å²) in [5.74, 6) is 0.718. The van der Waals surface area contributed by atoms with Gasteiger partial charge in [0.15, 0.2) is 0 Å². The zero-order valence-corrected chi connectivity index (χ0v) is 20.4. The van der Waals surface area contributed by atoms with E-state index in [0.717, 1.165) is 36.1 Å². The van der Waals surface area contributed by atoms with E-state index in [1.54, 1.807) is 28.4 Å². The Hall–Kier alpha value is -2.83. The number of benzene rings is 2. The Morgan fingerprint density at radius 2 is 1.82 bits per heavy atom. The molecule has 2 heterocycles. The van der Waals surface area contributed by atoms with E-state index in [2.05, 4.69) is 11.4 Å². The van der Waals surface area contributed by atoms with E-state index in [-0.39, 0.29) is 30.4 Å². The highest BCUT2D eigenvalue weighted by Gasteiger charge is 2.37. The molecule has 1 fully saturated rings. The molecule has 1 aliphatic carbocycles. The molecule has 1 atom stereocenters. The topological polar surface area (TPSA) is 49.9 Å². The van der Waals surface area contributed by atoms with Gasteiger partial charge in [0.2, 0.25) is 11.8 Å². The Morgan fingerprint density at radius 1 is 1.06 bits per heavy atom. The van der Waals surface area contributed by atoms with E-state index in [9.17, 15) is 9.59 Å². The number of fused-ring (bicyclic) bond motifs is 1. The van der Waals surface area contributed by atoms with Gasteiger partial charge in [-0.05, 0) is 66.1 Å². The molecule has 7 heteroatoms. The second kappa shape index (κ2) is 10.2. The smallest absolute Gasteiger partial charge is 0.242 e. The number of halogens is 1. The van der Waals surface area contributed by atoms with E-state index >= 15 is 0 Å². The largest absolute Gasteiger partial charge is 0.491 e. The van der Waals surface area contributed by atoms with Crippen molar-refractivity contribution in [2.24, 2.45) is 0 Å².